The number of benzene rings is 1. The van der Waals surface area contributed by atoms with E-state index in [1.54, 1.807) is 39.1 Å². The molecular formula is C21H29N3O5S2. The lowest BCUT2D eigenvalue weighted by Gasteiger charge is -2.27. The molecule has 3 rings (SSSR count). The van der Waals surface area contributed by atoms with Crippen LogP contribution in [-0.4, -0.2) is 43.3 Å². The first-order chi connectivity index (χ1) is 14.5. The maximum Gasteiger partial charge on any atom is 0.404 e. The zero-order valence-electron chi connectivity index (χ0n) is 18.1. The molecule has 170 valence electrons. The number of nitrogens with one attached hydrogen (secondary N) is 2. The molecule has 1 aromatic heterocycles. The number of amides is 1. The van der Waals surface area contributed by atoms with E-state index in [2.05, 4.69) is 15.0 Å². The number of aromatic nitrogens is 1. The molecule has 1 aliphatic carbocycles. The number of nitrogens with zero attached hydrogens (tertiary/aromatic N) is 1. The van der Waals surface area contributed by atoms with Crippen molar-refractivity contribution >= 4 is 27.5 Å². The monoisotopic (exact) mass is 467 g/mol. The lowest BCUT2D eigenvalue weighted by Crippen LogP contribution is -2.40. The predicted molar refractivity (Wildman–Crippen MR) is 120 cm³/mol. The van der Waals surface area contributed by atoms with Crippen LogP contribution in [0.5, 0.6) is 5.75 Å². The Labute approximate surface area is 187 Å². The number of carboxylic acid groups (broad SMARTS) is 1. The molecular weight excluding hydrogens is 438 g/mol. The van der Waals surface area contributed by atoms with E-state index in [1.165, 1.54) is 24.5 Å². The van der Waals surface area contributed by atoms with Crippen LogP contribution in [0.1, 0.15) is 57.4 Å². The molecule has 0 bridgehead atoms. The highest BCUT2D eigenvalue weighted by atomic mass is 32.2. The van der Waals surface area contributed by atoms with Gasteiger partial charge in [-0.3, -0.25) is 0 Å². The van der Waals surface area contributed by atoms with Gasteiger partial charge in [0.15, 0.2) is 0 Å². The van der Waals surface area contributed by atoms with Gasteiger partial charge in [0.2, 0.25) is 10.0 Å². The Morgan fingerprint density at radius 2 is 1.90 bits per heavy atom. The van der Waals surface area contributed by atoms with Gasteiger partial charge in [0, 0.05) is 35.3 Å². The minimum atomic E-state index is -3.78. The summed E-state index contributed by atoms with van der Waals surface area (Å²) in [5.41, 5.74) is -0.0387. The van der Waals surface area contributed by atoms with Crippen LogP contribution in [-0.2, 0) is 10.0 Å². The number of hydrogen-bond acceptors (Lipinski definition) is 6. The van der Waals surface area contributed by atoms with E-state index >= 15 is 0 Å². The molecule has 0 spiro atoms. The van der Waals surface area contributed by atoms with Gasteiger partial charge in [-0.25, -0.2) is 22.9 Å². The Hall–Kier alpha value is -2.17. The molecule has 1 heterocycles. The number of ether oxygens (including phenoxy) is 1. The molecule has 0 unspecified atom stereocenters. The highest BCUT2D eigenvalue weighted by molar-refractivity contribution is 7.89. The van der Waals surface area contributed by atoms with Crippen LogP contribution in [0, 0.1) is 0 Å². The van der Waals surface area contributed by atoms with E-state index in [-0.39, 0.29) is 16.9 Å². The van der Waals surface area contributed by atoms with Crippen LogP contribution in [0.2, 0.25) is 0 Å². The number of hydrogen-bond donors (Lipinski definition) is 3. The number of methoxy groups -OCH3 is 1. The summed E-state index contributed by atoms with van der Waals surface area (Å²) in [5, 5.41) is 12.4. The van der Waals surface area contributed by atoms with Crippen molar-refractivity contribution in [1.82, 2.24) is 15.0 Å². The molecule has 0 aliphatic heterocycles. The molecule has 0 atom stereocenters. The van der Waals surface area contributed by atoms with Crippen LogP contribution >= 0.6 is 11.3 Å². The van der Waals surface area contributed by atoms with E-state index in [0.717, 1.165) is 35.6 Å². The van der Waals surface area contributed by atoms with Gasteiger partial charge in [0.1, 0.15) is 5.75 Å². The Bertz CT molecular complexity index is 1040. The van der Waals surface area contributed by atoms with Crippen molar-refractivity contribution in [1.29, 1.82) is 0 Å². The standard InChI is InChI=1S/C21H29N3O5S2/c1-21(2,3)24-31(27,28)18-11-15(29-4)9-10-16(18)17-12-22-19(30-17)13-5-7-14(8-6-13)23-20(25)26/h9-14,23-24H,5-8H2,1-4H3,(H,25,26). The molecule has 1 aromatic carbocycles. The Morgan fingerprint density at radius 3 is 2.48 bits per heavy atom. The average molecular weight is 468 g/mol. The second-order valence-electron chi connectivity index (χ2n) is 8.78. The summed E-state index contributed by atoms with van der Waals surface area (Å²) in [7, 11) is -2.28. The second kappa shape index (κ2) is 9.13. The van der Waals surface area contributed by atoms with Gasteiger partial charge in [-0.2, -0.15) is 0 Å². The average Bonchev–Trinajstić information content (AvgIpc) is 3.16. The van der Waals surface area contributed by atoms with Crippen molar-refractivity contribution in [3.63, 3.8) is 0 Å². The fourth-order valence-electron chi connectivity index (χ4n) is 3.77. The first kappa shape index (κ1) is 23.5. The van der Waals surface area contributed by atoms with E-state index in [9.17, 15) is 13.2 Å². The molecule has 8 nitrogen and oxygen atoms in total. The topological polar surface area (TPSA) is 118 Å². The first-order valence-corrected chi connectivity index (χ1v) is 12.5. The number of carbonyl (C=O) groups is 1. The van der Waals surface area contributed by atoms with Gasteiger partial charge < -0.3 is 15.2 Å². The maximum atomic E-state index is 13.1. The fraction of sp³-hybridized carbons (Fsp3) is 0.524. The molecule has 0 saturated heterocycles. The van der Waals surface area contributed by atoms with Crippen molar-refractivity contribution in [2.75, 3.05) is 7.11 Å². The molecule has 0 radical (unpaired) electrons. The van der Waals surface area contributed by atoms with Crippen LogP contribution in [0.15, 0.2) is 29.3 Å². The SMILES string of the molecule is COc1ccc(-c2cnc(C3CCC(NC(=O)O)CC3)s2)c(S(=O)(=O)NC(C)(C)C)c1. The van der Waals surface area contributed by atoms with Crippen molar-refractivity contribution in [2.45, 2.75) is 68.8 Å². The van der Waals surface area contributed by atoms with Crippen LogP contribution < -0.4 is 14.8 Å². The first-order valence-electron chi connectivity index (χ1n) is 10.2. The number of thiazole rings is 1. The molecule has 3 N–H and O–H groups in total. The minimum absolute atomic E-state index is 0.0185. The van der Waals surface area contributed by atoms with Crippen molar-refractivity contribution in [3.05, 3.63) is 29.4 Å². The predicted octanol–water partition coefficient (Wildman–Crippen LogP) is 4.19. The van der Waals surface area contributed by atoms with E-state index in [0.29, 0.717) is 11.3 Å². The fourth-order valence-corrected chi connectivity index (χ4v) is 6.62. The highest BCUT2D eigenvalue weighted by Gasteiger charge is 2.28. The smallest absolute Gasteiger partial charge is 0.404 e. The lowest BCUT2D eigenvalue weighted by molar-refractivity contribution is 0.185. The molecule has 1 amide bonds. The third kappa shape index (κ3) is 5.96. The third-order valence-electron chi connectivity index (χ3n) is 5.11. The van der Waals surface area contributed by atoms with Crippen LogP contribution in [0.3, 0.4) is 0 Å². The molecule has 1 saturated carbocycles. The Kier molecular flexibility index (Phi) is 6.92. The van der Waals surface area contributed by atoms with Gasteiger partial charge in [-0.15, -0.1) is 11.3 Å². The normalized spacial score (nSPS) is 19.7. The zero-order valence-corrected chi connectivity index (χ0v) is 19.8. The van der Waals surface area contributed by atoms with E-state index in [4.69, 9.17) is 9.84 Å². The highest BCUT2D eigenvalue weighted by Crippen LogP contribution is 2.40. The Morgan fingerprint density at radius 1 is 1.23 bits per heavy atom. The summed E-state index contributed by atoms with van der Waals surface area (Å²) in [6, 6.07) is 5.01. The zero-order chi connectivity index (χ0) is 22.8. The van der Waals surface area contributed by atoms with Gasteiger partial charge in [0.25, 0.3) is 0 Å². The number of rotatable bonds is 6. The maximum absolute atomic E-state index is 13.1. The summed E-state index contributed by atoms with van der Waals surface area (Å²) in [4.78, 5) is 16.4. The summed E-state index contributed by atoms with van der Waals surface area (Å²) in [6.45, 7) is 5.39. The van der Waals surface area contributed by atoms with Crippen LogP contribution in [0.4, 0.5) is 4.79 Å². The molecule has 31 heavy (non-hydrogen) atoms. The molecule has 2 aromatic rings. The molecule has 1 aliphatic rings. The summed E-state index contributed by atoms with van der Waals surface area (Å²) < 4.78 is 34.2. The lowest BCUT2D eigenvalue weighted by atomic mass is 9.86. The van der Waals surface area contributed by atoms with E-state index in [1.807, 2.05) is 0 Å². The molecule has 10 heteroatoms. The quantitative estimate of drug-likeness (QED) is 0.586. The second-order valence-corrected chi connectivity index (χ2v) is 11.5. The van der Waals surface area contributed by atoms with Gasteiger partial charge in [-0.05, 0) is 58.6 Å². The van der Waals surface area contributed by atoms with Gasteiger partial charge >= 0.3 is 6.09 Å². The van der Waals surface area contributed by atoms with Gasteiger partial charge in [0.05, 0.1) is 21.9 Å². The van der Waals surface area contributed by atoms with Crippen molar-refractivity contribution < 1.29 is 23.1 Å². The summed E-state index contributed by atoms with van der Waals surface area (Å²) in [5.74, 6) is 0.712. The van der Waals surface area contributed by atoms with Crippen molar-refractivity contribution in [3.8, 4) is 16.2 Å². The third-order valence-corrected chi connectivity index (χ3v) is 8.10. The number of sulfonamides is 1. The minimum Gasteiger partial charge on any atom is -0.497 e. The van der Waals surface area contributed by atoms with E-state index < -0.39 is 21.7 Å². The van der Waals surface area contributed by atoms with Gasteiger partial charge in [-0.1, -0.05) is 0 Å². The summed E-state index contributed by atoms with van der Waals surface area (Å²) in [6.07, 6.45) is 3.96. The molecule has 1 fully saturated rings. The largest absolute Gasteiger partial charge is 0.497 e. The summed E-state index contributed by atoms with van der Waals surface area (Å²) >= 11 is 1.49. The van der Waals surface area contributed by atoms with Crippen molar-refractivity contribution in [2.24, 2.45) is 0 Å². The van der Waals surface area contributed by atoms with Crippen LogP contribution in [0.25, 0.3) is 10.4 Å². The Balaban J connectivity index is 1.88.